The second-order valence-electron chi connectivity index (χ2n) is 8.67. The summed E-state index contributed by atoms with van der Waals surface area (Å²) in [5, 5.41) is 15.5. The van der Waals surface area contributed by atoms with Crippen LogP contribution in [-0.2, 0) is 16.2 Å². The molecule has 4 rings (SSSR count). The number of aryl methyl sites for hydroxylation is 1. The van der Waals surface area contributed by atoms with E-state index in [4.69, 9.17) is 9.94 Å². The van der Waals surface area contributed by atoms with Gasteiger partial charge in [0.25, 0.3) is 5.91 Å². The third-order valence-electron chi connectivity index (χ3n) is 6.14. The van der Waals surface area contributed by atoms with Crippen molar-refractivity contribution in [1.82, 2.24) is 21.1 Å². The fourth-order valence-electron chi connectivity index (χ4n) is 4.36. The van der Waals surface area contributed by atoms with Gasteiger partial charge in [0.05, 0.1) is 5.52 Å². The first-order valence-electron chi connectivity index (χ1n) is 11.5. The number of hydrogen-bond acceptors (Lipinski definition) is 6. The van der Waals surface area contributed by atoms with Gasteiger partial charge in [-0.25, -0.2) is 5.48 Å². The van der Waals surface area contributed by atoms with Crippen molar-refractivity contribution in [3.8, 4) is 5.75 Å². The number of rotatable bonds is 7. The molecule has 2 aromatic carbocycles. The maximum Gasteiger partial charge on any atom is 0.251 e. The molecule has 9 heteroatoms. The van der Waals surface area contributed by atoms with Crippen molar-refractivity contribution in [3.63, 3.8) is 0 Å². The van der Waals surface area contributed by atoms with E-state index in [2.05, 4.69) is 15.6 Å². The molecule has 35 heavy (non-hydrogen) atoms. The Labute approximate surface area is 202 Å². The van der Waals surface area contributed by atoms with Crippen molar-refractivity contribution in [2.75, 3.05) is 6.54 Å². The molecular formula is C26H28N4O5. The Balaban J connectivity index is 1.41. The molecule has 1 aromatic heterocycles. The number of amides is 3. The van der Waals surface area contributed by atoms with E-state index >= 15 is 0 Å². The Morgan fingerprint density at radius 1 is 1.17 bits per heavy atom. The molecule has 0 bridgehead atoms. The van der Waals surface area contributed by atoms with Gasteiger partial charge in [0, 0.05) is 47.6 Å². The molecule has 0 spiro atoms. The lowest BCUT2D eigenvalue weighted by Gasteiger charge is -2.24. The Morgan fingerprint density at radius 3 is 2.71 bits per heavy atom. The summed E-state index contributed by atoms with van der Waals surface area (Å²) in [4.78, 5) is 41.1. The fraction of sp³-hybridized carbons (Fsp3) is 0.308. The molecule has 2 atom stereocenters. The Morgan fingerprint density at radius 2 is 1.94 bits per heavy atom. The first-order chi connectivity index (χ1) is 16.9. The van der Waals surface area contributed by atoms with Gasteiger partial charge in [0.2, 0.25) is 11.8 Å². The van der Waals surface area contributed by atoms with E-state index in [0.29, 0.717) is 30.9 Å². The van der Waals surface area contributed by atoms with Crippen LogP contribution in [0.25, 0.3) is 10.9 Å². The number of nitrogens with one attached hydrogen (secondary N) is 3. The largest absolute Gasteiger partial charge is 0.489 e. The number of para-hydroxylation sites is 1. The van der Waals surface area contributed by atoms with Gasteiger partial charge in [0.15, 0.2) is 0 Å². The molecule has 1 fully saturated rings. The van der Waals surface area contributed by atoms with Crippen LogP contribution in [0.4, 0.5) is 0 Å². The number of nitrogens with zero attached hydrogens (tertiary/aromatic N) is 1. The third kappa shape index (κ3) is 6.13. The molecule has 0 aliphatic carbocycles. The predicted molar refractivity (Wildman–Crippen MR) is 129 cm³/mol. The molecule has 0 saturated carbocycles. The molecular weight excluding hydrogens is 448 g/mol. The highest BCUT2D eigenvalue weighted by atomic mass is 16.5. The summed E-state index contributed by atoms with van der Waals surface area (Å²) >= 11 is 0. The van der Waals surface area contributed by atoms with E-state index in [0.717, 1.165) is 22.2 Å². The molecule has 9 nitrogen and oxygen atoms in total. The summed E-state index contributed by atoms with van der Waals surface area (Å²) in [5.74, 6) is -0.758. The lowest BCUT2D eigenvalue weighted by Crippen LogP contribution is -2.42. The minimum absolute atomic E-state index is 0.00630. The zero-order valence-corrected chi connectivity index (χ0v) is 19.4. The van der Waals surface area contributed by atoms with Crippen LogP contribution < -0.4 is 20.9 Å². The Kier molecular flexibility index (Phi) is 7.57. The lowest BCUT2D eigenvalue weighted by atomic mass is 9.91. The van der Waals surface area contributed by atoms with Crippen molar-refractivity contribution in [2.24, 2.45) is 5.92 Å². The van der Waals surface area contributed by atoms with Gasteiger partial charge in [-0.1, -0.05) is 18.2 Å². The van der Waals surface area contributed by atoms with E-state index < -0.39 is 11.9 Å². The van der Waals surface area contributed by atoms with Gasteiger partial charge < -0.3 is 15.4 Å². The van der Waals surface area contributed by atoms with Crippen molar-refractivity contribution in [3.05, 3.63) is 71.4 Å². The molecule has 1 aliphatic heterocycles. The maximum absolute atomic E-state index is 12.9. The number of carbonyl (C=O) groups is 3. The highest BCUT2D eigenvalue weighted by Gasteiger charge is 2.30. The molecule has 4 N–H and O–H groups in total. The van der Waals surface area contributed by atoms with Gasteiger partial charge in [-0.05, 0) is 55.7 Å². The van der Waals surface area contributed by atoms with E-state index in [1.165, 1.54) is 0 Å². The second-order valence-corrected chi connectivity index (χ2v) is 8.67. The molecule has 3 aromatic rings. The van der Waals surface area contributed by atoms with Gasteiger partial charge >= 0.3 is 0 Å². The minimum Gasteiger partial charge on any atom is -0.489 e. The predicted octanol–water partition coefficient (Wildman–Crippen LogP) is 2.64. The third-order valence-corrected chi connectivity index (χ3v) is 6.14. The van der Waals surface area contributed by atoms with Crippen LogP contribution in [0.1, 0.15) is 40.9 Å². The highest BCUT2D eigenvalue weighted by Crippen LogP contribution is 2.22. The summed E-state index contributed by atoms with van der Waals surface area (Å²) in [6.45, 7) is 2.72. The first kappa shape index (κ1) is 24.2. The summed E-state index contributed by atoms with van der Waals surface area (Å²) in [6, 6.07) is 16.1. The van der Waals surface area contributed by atoms with Crippen molar-refractivity contribution < 1.29 is 24.3 Å². The summed E-state index contributed by atoms with van der Waals surface area (Å²) in [7, 11) is 0. The molecule has 2 heterocycles. The SMILES string of the molecule is Cc1cc(COc2ccc(C(=O)N[C@@H]3CC(=O)NCC[C@H]3CC(=O)NO)cc2)c2ccccc2n1. The van der Waals surface area contributed by atoms with Crippen molar-refractivity contribution >= 4 is 28.6 Å². The average molecular weight is 477 g/mol. The number of aromatic nitrogens is 1. The Hall–Kier alpha value is -3.98. The van der Waals surface area contributed by atoms with Crippen LogP contribution in [-0.4, -0.2) is 40.5 Å². The molecule has 0 unspecified atom stereocenters. The Bertz CT molecular complexity index is 1230. The van der Waals surface area contributed by atoms with Crippen LogP contribution in [0.5, 0.6) is 5.75 Å². The van der Waals surface area contributed by atoms with Crippen molar-refractivity contribution in [2.45, 2.75) is 38.8 Å². The zero-order valence-electron chi connectivity index (χ0n) is 19.4. The van der Waals surface area contributed by atoms with Gasteiger partial charge in [-0.15, -0.1) is 0 Å². The summed E-state index contributed by atoms with van der Waals surface area (Å²) in [5.41, 5.74) is 4.89. The number of hydroxylamine groups is 1. The molecule has 1 saturated heterocycles. The zero-order chi connectivity index (χ0) is 24.8. The normalized spacial score (nSPS) is 17.8. The number of ether oxygens (including phenoxy) is 1. The van der Waals surface area contributed by atoms with E-state index in [9.17, 15) is 14.4 Å². The smallest absolute Gasteiger partial charge is 0.251 e. The average Bonchev–Trinajstić information content (AvgIpc) is 3.02. The lowest BCUT2D eigenvalue weighted by molar-refractivity contribution is -0.130. The van der Waals surface area contributed by atoms with Crippen LogP contribution in [0, 0.1) is 12.8 Å². The molecule has 182 valence electrons. The van der Waals surface area contributed by atoms with Crippen LogP contribution in [0.2, 0.25) is 0 Å². The second kappa shape index (κ2) is 11.0. The van der Waals surface area contributed by atoms with Crippen LogP contribution in [0.15, 0.2) is 54.6 Å². The van der Waals surface area contributed by atoms with Gasteiger partial charge in [-0.2, -0.15) is 0 Å². The summed E-state index contributed by atoms with van der Waals surface area (Å²) < 4.78 is 5.96. The van der Waals surface area contributed by atoms with Crippen LogP contribution >= 0.6 is 0 Å². The number of hydrogen-bond donors (Lipinski definition) is 4. The fourth-order valence-corrected chi connectivity index (χ4v) is 4.36. The van der Waals surface area contributed by atoms with Crippen LogP contribution in [0.3, 0.4) is 0 Å². The molecule has 0 radical (unpaired) electrons. The van der Waals surface area contributed by atoms with E-state index in [1.54, 1.807) is 29.7 Å². The molecule has 3 amide bonds. The maximum atomic E-state index is 12.9. The minimum atomic E-state index is -0.553. The van der Waals surface area contributed by atoms with Crippen molar-refractivity contribution in [1.29, 1.82) is 0 Å². The van der Waals surface area contributed by atoms with E-state index in [1.807, 2.05) is 37.3 Å². The molecule has 1 aliphatic rings. The topological polar surface area (TPSA) is 130 Å². The monoisotopic (exact) mass is 476 g/mol. The number of pyridine rings is 1. The number of carbonyl (C=O) groups excluding carboxylic acids is 3. The standard InChI is InChI=1S/C26H28N4O5/c1-16-12-19(21-4-2-3-5-22(21)28-16)15-35-20-8-6-17(7-9-20)26(33)29-23-14-24(31)27-11-10-18(23)13-25(32)30-34/h2-9,12,18,23,34H,10-11,13-15H2,1H3,(H,27,31)(H,29,33)(H,30,32)/t18-,23+/m0/s1. The highest BCUT2D eigenvalue weighted by molar-refractivity contribution is 5.95. The van der Waals surface area contributed by atoms with Gasteiger partial charge in [-0.3, -0.25) is 24.6 Å². The quantitative estimate of drug-likeness (QED) is 0.306. The van der Waals surface area contributed by atoms with E-state index in [-0.39, 0.29) is 30.6 Å². The summed E-state index contributed by atoms with van der Waals surface area (Å²) in [6.07, 6.45) is 0.585. The number of fused-ring (bicyclic) bond motifs is 1. The first-order valence-corrected chi connectivity index (χ1v) is 11.5. The van der Waals surface area contributed by atoms with Gasteiger partial charge in [0.1, 0.15) is 12.4 Å². The number of benzene rings is 2.